The highest BCUT2D eigenvalue weighted by atomic mass is 19.4. The van der Waals surface area contributed by atoms with Crippen LogP contribution in [0.25, 0.3) is 0 Å². The van der Waals surface area contributed by atoms with E-state index in [9.17, 15) is 22.8 Å². The number of benzene rings is 1. The summed E-state index contributed by atoms with van der Waals surface area (Å²) in [5, 5.41) is 2.65. The number of hydrogen-bond donors (Lipinski definition) is 1. The van der Waals surface area contributed by atoms with E-state index < -0.39 is 29.8 Å². The molecule has 2 aromatic rings. The average molecular weight is 436 g/mol. The number of likely N-dealkylation sites (N-methyl/N-ethyl adjacent to an activating group) is 1. The number of piperazine rings is 1. The highest BCUT2D eigenvalue weighted by Gasteiger charge is 2.31. The van der Waals surface area contributed by atoms with E-state index in [0.717, 1.165) is 55.5 Å². The van der Waals surface area contributed by atoms with E-state index in [-0.39, 0.29) is 6.54 Å². The third-order valence-corrected chi connectivity index (χ3v) is 5.46. The number of pyridine rings is 1. The molecule has 3 rings (SSSR count). The lowest BCUT2D eigenvalue weighted by Crippen LogP contribution is -2.45. The first-order valence-electron chi connectivity index (χ1n) is 10.3. The molecule has 1 amide bonds. The highest BCUT2D eigenvalue weighted by molar-refractivity contribution is 5.75. The Labute approximate surface area is 179 Å². The molecule has 0 aliphatic carbocycles. The molecule has 31 heavy (non-hydrogen) atoms. The summed E-state index contributed by atoms with van der Waals surface area (Å²) in [6, 6.07) is 9.41. The molecule has 6 nitrogen and oxygen atoms in total. The predicted molar refractivity (Wildman–Crippen MR) is 111 cm³/mol. The summed E-state index contributed by atoms with van der Waals surface area (Å²) in [5.74, 6) is -0.528. The van der Waals surface area contributed by atoms with E-state index in [2.05, 4.69) is 22.0 Å². The van der Waals surface area contributed by atoms with Gasteiger partial charge in [-0.1, -0.05) is 31.2 Å². The summed E-state index contributed by atoms with van der Waals surface area (Å²) >= 11 is 0. The minimum absolute atomic E-state index is 0.238. The highest BCUT2D eigenvalue weighted by Crippen LogP contribution is 2.27. The van der Waals surface area contributed by atoms with Crippen LogP contribution in [0.15, 0.2) is 47.4 Å². The summed E-state index contributed by atoms with van der Waals surface area (Å²) in [5.41, 5.74) is 0.443. The Hall–Kier alpha value is -2.65. The second kappa shape index (κ2) is 10.1. The zero-order chi connectivity index (χ0) is 22.4. The third kappa shape index (κ3) is 6.67. The van der Waals surface area contributed by atoms with E-state index in [4.69, 9.17) is 0 Å². The maximum atomic E-state index is 12.8. The Morgan fingerprint density at radius 3 is 2.19 bits per heavy atom. The van der Waals surface area contributed by atoms with Crippen LogP contribution < -0.4 is 10.9 Å². The molecular formula is C22H27F3N4O2. The van der Waals surface area contributed by atoms with Crippen LogP contribution in [-0.4, -0.2) is 53.0 Å². The SMILES string of the molecule is CCN1CCN(Cc2ccc(CNC(=O)Cn3cc(C(F)(F)F)ccc3=O)cc2)CC1. The van der Waals surface area contributed by atoms with Crippen molar-refractivity contribution >= 4 is 5.91 Å². The predicted octanol–water partition coefficient (Wildman–Crippen LogP) is 2.32. The Morgan fingerprint density at radius 1 is 0.968 bits per heavy atom. The average Bonchev–Trinajstić information content (AvgIpc) is 2.74. The fraction of sp³-hybridized carbons (Fsp3) is 0.455. The molecule has 1 aromatic carbocycles. The van der Waals surface area contributed by atoms with Crippen molar-refractivity contribution in [2.45, 2.75) is 32.7 Å². The van der Waals surface area contributed by atoms with Crippen molar-refractivity contribution in [2.75, 3.05) is 32.7 Å². The van der Waals surface area contributed by atoms with Gasteiger partial charge in [0.05, 0.1) is 5.56 Å². The standard InChI is InChI=1S/C22H27F3N4O2/c1-2-27-9-11-28(12-10-27)14-18-5-3-17(4-6-18)13-26-20(30)16-29-15-19(22(23,24)25)7-8-21(29)31/h3-8,15H,2,9-14,16H2,1H3,(H,26,30). The van der Waals surface area contributed by atoms with Gasteiger partial charge < -0.3 is 14.8 Å². The molecule has 0 saturated carbocycles. The van der Waals surface area contributed by atoms with E-state index in [0.29, 0.717) is 12.3 Å². The largest absolute Gasteiger partial charge is 0.417 e. The summed E-state index contributed by atoms with van der Waals surface area (Å²) in [4.78, 5) is 28.7. The number of carbonyl (C=O) groups is 1. The van der Waals surface area contributed by atoms with Gasteiger partial charge in [-0.05, 0) is 23.7 Å². The molecule has 0 unspecified atom stereocenters. The van der Waals surface area contributed by atoms with Gasteiger partial charge in [0.25, 0.3) is 5.56 Å². The van der Waals surface area contributed by atoms with Gasteiger partial charge in [0.2, 0.25) is 5.91 Å². The number of alkyl halides is 3. The Kier molecular flexibility index (Phi) is 7.50. The van der Waals surface area contributed by atoms with Crippen LogP contribution in [0.5, 0.6) is 0 Å². The number of aromatic nitrogens is 1. The van der Waals surface area contributed by atoms with E-state index in [1.807, 2.05) is 24.3 Å². The van der Waals surface area contributed by atoms with Crippen molar-refractivity contribution in [1.29, 1.82) is 0 Å². The van der Waals surface area contributed by atoms with Crippen molar-refractivity contribution < 1.29 is 18.0 Å². The van der Waals surface area contributed by atoms with Crippen molar-refractivity contribution in [3.05, 3.63) is 69.6 Å². The Balaban J connectivity index is 1.49. The number of hydrogen-bond acceptors (Lipinski definition) is 4. The van der Waals surface area contributed by atoms with Crippen LogP contribution in [0, 0.1) is 0 Å². The molecule has 0 atom stereocenters. The number of carbonyl (C=O) groups excluding carboxylic acids is 1. The van der Waals surface area contributed by atoms with Crippen LogP contribution in [0.4, 0.5) is 13.2 Å². The molecule has 0 radical (unpaired) electrons. The van der Waals surface area contributed by atoms with E-state index in [1.165, 1.54) is 5.56 Å². The number of halogens is 3. The lowest BCUT2D eigenvalue weighted by Gasteiger charge is -2.34. The summed E-state index contributed by atoms with van der Waals surface area (Å²) in [7, 11) is 0. The van der Waals surface area contributed by atoms with Gasteiger partial charge in [0, 0.05) is 51.5 Å². The third-order valence-electron chi connectivity index (χ3n) is 5.46. The summed E-state index contributed by atoms with van der Waals surface area (Å²) < 4.78 is 39.2. The first-order valence-corrected chi connectivity index (χ1v) is 10.3. The van der Waals surface area contributed by atoms with Gasteiger partial charge in [-0.2, -0.15) is 13.2 Å². The molecule has 2 heterocycles. The molecule has 168 valence electrons. The number of rotatable bonds is 7. The van der Waals surface area contributed by atoms with Crippen molar-refractivity contribution in [1.82, 2.24) is 19.7 Å². The molecular weight excluding hydrogens is 409 g/mol. The van der Waals surface area contributed by atoms with Gasteiger partial charge >= 0.3 is 6.18 Å². The van der Waals surface area contributed by atoms with E-state index in [1.54, 1.807) is 0 Å². The number of nitrogens with zero attached hydrogens (tertiary/aromatic N) is 3. The van der Waals surface area contributed by atoms with Crippen molar-refractivity contribution in [3.63, 3.8) is 0 Å². The molecule has 9 heteroatoms. The second-order valence-corrected chi connectivity index (χ2v) is 7.69. The fourth-order valence-electron chi connectivity index (χ4n) is 3.52. The number of amides is 1. The van der Waals surface area contributed by atoms with Gasteiger partial charge in [0.1, 0.15) is 6.54 Å². The molecule has 1 aliphatic rings. The lowest BCUT2D eigenvalue weighted by atomic mass is 10.1. The van der Waals surface area contributed by atoms with Crippen molar-refractivity contribution in [2.24, 2.45) is 0 Å². The molecule has 1 N–H and O–H groups in total. The first-order chi connectivity index (χ1) is 14.7. The maximum Gasteiger partial charge on any atom is 0.417 e. The maximum absolute atomic E-state index is 12.8. The molecule has 0 spiro atoms. The zero-order valence-electron chi connectivity index (χ0n) is 17.5. The smallest absolute Gasteiger partial charge is 0.350 e. The Morgan fingerprint density at radius 2 is 1.58 bits per heavy atom. The summed E-state index contributed by atoms with van der Waals surface area (Å²) in [6.45, 7) is 8.14. The molecule has 1 aromatic heterocycles. The molecule has 1 fully saturated rings. The fourth-order valence-corrected chi connectivity index (χ4v) is 3.52. The second-order valence-electron chi connectivity index (χ2n) is 7.69. The van der Waals surface area contributed by atoms with Gasteiger partial charge in [0.15, 0.2) is 0 Å². The van der Waals surface area contributed by atoms with Crippen LogP contribution in [0.2, 0.25) is 0 Å². The van der Waals surface area contributed by atoms with Crippen molar-refractivity contribution in [3.8, 4) is 0 Å². The van der Waals surface area contributed by atoms with Gasteiger partial charge in [-0.3, -0.25) is 14.5 Å². The molecule has 1 aliphatic heterocycles. The van der Waals surface area contributed by atoms with Crippen LogP contribution in [0.3, 0.4) is 0 Å². The first kappa shape index (κ1) is 23.0. The minimum Gasteiger partial charge on any atom is -0.350 e. The van der Waals surface area contributed by atoms with Gasteiger partial charge in [-0.25, -0.2) is 0 Å². The summed E-state index contributed by atoms with van der Waals surface area (Å²) in [6.07, 6.45) is -3.91. The van der Waals surface area contributed by atoms with Gasteiger partial charge in [-0.15, -0.1) is 0 Å². The molecule has 1 saturated heterocycles. The van der Waals surface area contributed by atoms with Crippen LogP contribution in [-0.2, 0) is 30.6 Å². The van der Waals surface area contributed by atoms with Crippen LogP contribution in [0.1, 0.15) is 23.6 Å². The topological polar surface area (TPSA) is 57.6 Å². The normalized spacial score (nSPS) is 15.7. The van der Waals surface area contributed by atoms with Crippen LogP contribution >= 0.6 is 0 Å². The van der Waals surface area contributed by atoms with E-state index >= 15 is 0 Å². The quantitative estimate of drug-likeness (QED) is 0.724. The molecule has 0 bridgehead atoms. The lowest BCUT2D eigenvalue weighted by molar-refractivity contribution is -0.138. The Bertz CT molecular complexity index is 933. The zero-order valence-corrected chi connectivity index (χ0v) is 17.5. The number of nitrogens with one attached hydrogen (secondary N) is 1. The monoisotopic (exact) mass is 436 g/mol. The minimum atomic E-state index is -4.57.